The molecule has 2 aliphatic carbocycles. The topological polar surface area (TPSA) is 17.1 Å². The summed E-state index contributed by atoms with van der Waals surface area (Å²) in [6.07, 6.45) is 8.53. The largest absolute Gasteiger partial charge is 0.295 e. The minimum absolute atomic E-state index is 0.316. The molecule has 0 spiro atoms. The van der Waals surface area contributed by atoms with Gasteiger partial charge in [0.2, 0.25) is 0 Å². The summed E-state index contributed by atoms with van der Waals surface area (Å²) in [5, 5.41) is 0. The van der Waals surface area contributed by atoms with Gasteiger partial charge in [0.05, 0.1) is 0 Å². The van der Waals surface area contributed by atoms with Gasteiger partial charge >= 0.3 is 0 Å². The molecular weight excluding hydrogens is 148 g/mol. The van der Waals surface area contributed by atoms with Crippen LogP contribution in [0.25, 0.3) is 0 Å². The normalized spacial score (nSPS) is 29.1. The highest BCUT2D eigenvalue weighted by atomic mass is 16.1. The van der Waals surface area contributed by atoms with E-state index in [-0.39, 0.29) is 0 Å². The summed E-state index contributed by atoms with van der Waals surface area (Å²) in [4.78, 5) is 11.2. The van der Waals surface area contributed by atoms with Crippen LogP contribution in [0.5, 0.6) is 0 Å². The first kappa shape index (κ1) is 7.78. The van der Waals surface area contributed by atoms with Crippen molar-refractivity contribution in [3.05, 3.63) is 23.3 Å². The zero-order valence-corrected chi connectivity index (χ0v) is 7.47. The number of rotatable bonds is 0. The molecular formula is C11H14O. The Morgan fingerprint density at radius 2 is 2.33 bits per heavy atom. The SMILES string of the molecule is CC1=CC(=O)CC2CCCC=C12. The third-order valence-electron chi connectivity index (χ3n) is 2.84. The molecule has 0 aromatic rings. The Bertz CT molecular complexity index is 271. The molecule has 1 heteroatoms. The van der Waals surface area contributed by atoms with E-state index in [1.165, 1.54) is 30.4 Å². The molecule has 0 aromatic heterocycles. The van der Waals surface area contributed by atoms with Crippen LogP contribution in [0.3, 0.4) is 0 Å². The molecule has 1 nitrogen and oxygen atoms in total. The molecule has 0 N–H and O–H groups in total. The van der Waals surface area contributed by atoms with E-state index in [1.807, 2.05) is 0 Å². The summed E-state index contributed by atoms with van der Waals surface area (Å²) < 4.78 is 0. The highest BCUT2D eigenvalue weighted by molar-refractivity contribution is 5.93. The van der Waals surface area contributed by atoms with Crippen molar-refractivity contribution in [3.8, 4) is 0 Å². The monoisotopic (exact) mass is 162 g/mol. The average molecular weight is 162 g/mol. The van der Waals surface area contributed by atoms with Crippen LogP contribution in [0.15, 0.2) is 23.3 Å². The van der Waals surface area contributed by atoms with Crippen molar-refractivity contribution < 1.29 is 4.79 Å². The van der Waals surface area contributed by atoms with Gasteiger partial charge < -0.3 is 0 Å². The van der Waals surface area contributed by atoms with Crippen molar-refractivity contribution in [2.24, 2.45) is 5.92 Å². The Balaban J connectivity index is 2.35. The van der Waals surface area contributed by atoms with E-state index in [2.05, 4.69) is 13.0 Å². The van der Waals surface area contributed by atoms with E-state index >= 15 is 0 Å². The Morgan fingerprint density at radius 1 is 1.50 bits per heavy atom. The van der Waals surface area contributed by atoms with E-state index in [4.69, 9.17) is 0 Å². The third kappa shape index (κ3) is 1.24. The molecule has 1 unspecified atom stereocenters. The van der Waals surface area contributed by atoms with Crippen molar-refractivity contribution in [1.29, 1.82) is 0 Å². The lowest BCUT2D eigenvalue weighted by atomic mass is 9.77. The molecule has 0 bridgehead atoms. The number of hydrogen-bond acceptors (Lipinski definition) is 1. The molecule has 0 fully saturated rings. The Kier molecular flexibility index (Phi) is 1.87. The molecule has 0 heterocycles. The molecule has 1 atom stereocenters. The fourth-order valence-electron chi connectivity index (χ4n) is 2.27. The molecule has 0 saturated carbocycles. The van der Waals surface area contributed by atoms with E-state index < -0.39 is 0 Å². The second-order valence-electron chi connectivity index (χ2n) is 3.79. The van der Waals surface area contributed by atoms with Crippen molar-refractivity contribution in [2.75, 3.05) is 0 Å². The second-order valence-corrected chi connectivity index (χ2v) is 3.79. The summed E-state index contributed by atoms with van der Waals surface area (Å²) in [6, 6.07) is 0. The highest BCUT2D eigenvalue weighted by Crippen LogP contribution is 2.35. The summed E-state index contributed by atoms with van der Waals surface area (Å²) in [5.74, 6) is 0.868. The van der Waals surface area contributed by atoms with Gasteiger partial charge in [-0.1, -0.05) is 6.08 Å². The maximum atomic E-state index is 11.2. The standard InChI is InChI=1S/C11H14O/c1-8-6-10(12)7-9-4-2-3-5-11(8)9/h5-6,9H,2-4,7H2,1H3. The maximum absolute atomic E-state index is 11.2. The molecule has 2 rings (SSSR count). The second kappa shape index (κ2) is 2.89. The summed E-state index contributed by atoms with van der Waals surface area (Å²) in [5.41, 5.74) is 2.65. The predicted octanol–water partition coefficient (Wildman–Crippen LogP) is 2.63. The van der Waals surface area contributed by atoms with Crippen molar-refractivity contribution >= 4 is 5.78 Å². The van der Waals surface area contributed by atoms with Crippen molar-refractivity contribution in [2.45, 2.75) is 32.6 Å². The van der Waals surface area contributed by atoms with Crippen molar-refractivity contribution in [3.63, 3.8) is 0 Å². The van der Waals surface area contributed by atoms with Crippen molar-refractivity contribution in [1.82, 2.24) is 0 Å². The smallest absolute Gasteiger partial charge is 0.156 e. The number of carbonyl (C=O) groups is 1. The van der Waals surface area contributed by atoms with Gasteiger partial charge in [-0.2, -0.15) is 0 Å². The molecule has 64 valence electrons. The van der Waals surface area contributed by atoms with Gasteiger partial charge in [-0.3, -0.25) is 4.79 Å². The van der Waals surface area contributed by atoms with E-state index in [0.717, 1.165) is 6.42 Å². The maximum Gasteiger partial charge on any atom is 0.156 e. The lowest BCUT2D eigenvalue weighted by molar-refractivity contribution is -0.115. The number of ketones is 1. The van der Waals surface area contributed by atoms with Gasteiger partial charge in [0.15, 0.2) is 5.78 Å². The first-order chi connectivity index (χ1) is 5.77. The lowest BCUT2D eigenvalue weighted by Crippen LogP contribution is -2.18. The molecule has 0 radical (unpaired) electrons. The van der Waals surface area contributed by atoms with E-state index in [9.17, 15) is 4.79 Å². The minimum Gasteiger partial charge on any atom is -0.295 e. The van der Waals surface area contributed by atoms with Gasteiger partial charge in [-0.25, -0.2) is 0 Å². The van der Waals surface area contributed by atoms with Gasteiger partial charge in [0.1, 0.15) is 0 Å². The Morgan fingerprint density at radius 3 is 3.17 bits per heavy atom. The molecule has 0 aromatic carbocycles. The quantitative estimate of drug-likeness (QED) is 0.535. The molecule has 0 amide bonds. The minimum atomic E-state index is 0.316. The fourth-order valence-corrected chi connectivity index (χ4v) is 2.27. The summed E-state index contributed by atoms with van der Waals surface area (Å²) >= 11 is 0. The van der Waals surface area contributed by atoms with Crippen LogP contribution in [-0.2, 0) is 4.79 Å². The van der Waals surface area contributed by atoms with Crippen LogP contribution in [0, 0.1) is 5.92 Å². The fraction of sp³-hybridized carbons (Fsp3) is 0.545. The van der Waals surface area contributed by atoms with Gasteiger partial charge in [-0.05, 0) is 49.3 Å². The van der Waals surface area contributed by atoms with Crippen LogP contribution < -0.4 is 0 Å². The first-order valence-electron chi connectivity index (χ1n) is 4.69. The Labute approximate surface area is 73.2 Å². The van der Waals surface area contributed by atoms with Crippen LogP contribution in [0.2, 0.25) is 0 Å². The van der Waals surface area contributed by atoms with Crippen LogP contribution >= 0.6 is 0 Å². The van der Waals surface area contributed by atoms with E-state index in [1.54, 1.807) is 6.08 Å². The van der Waals surface area contributed by atoms with Gasteiger partial charge in [0, 0.05) is 6.42 Å². The zero-order chi connectivity index (χ0) is 8.55. The molecule has 0 saturated heterocycles. The van der Waals surface area contributed by atoms with Crippen LogP contribution in [0.1, 0.15) is 32.6 Å². The predicted molar refractivity (Wildman–Crippen MR) is 48.8 cm³/mol. The van der Waals surface area contributed by atoms with Crippen LogP contribution in [0.4, 0.5) is 0 Å². The summed E-state index contributed by atoms with van der Waals surface area (Å²) in [7, 11) is 0. The Hall–Kier alpha value is -0.850. The summed E-state index contributed by atoms with van der Waals surface area (Å²) in [6.45, 7) is 2.06. The van der Waals surface area contributed by atoms with Gasteiger partial charge in [-0.15, -0.1) is 0 Å². The average Bonchev–Trinajstić information content (AvgIpc) is 2.04. The number of hydrogen-bond donors (Lipinski definition) is 0. The van der Waals surface area contributed by atoms with E-state index in [0.29, 0.717) is 11.7 Å². The van der Waals surface area contributed by atoms with Crippen LogP contribution in [-0.4, -0.2) is 5.78 Å². The number of carbonyl (C=O) groups excluding carboxylic acids is 1. The number of fused-ring (bicyclic) bond motifs is 1. The molecule has 2 aliphatic rings. The number of allylic oxidation sites excluding steroid dienone is 4. The third-order valence-corrected chi connectivity index (χ3v) is 2.84. The lowest BCUT2D eigenvalue weighted by Gasteiger charge is -2.27. The highest BCUT2D eigenvalue weighted by Gasteiger charge is 2.24. The zero-order valence-electron chi connectivity index (χ0n) is 7.47. The molecule has 0 aliphatic heterocycles. The molecule has 12 heavy (non-hydrogen) atoms. The van der Waals surface area contributed by atoms with Gasteiger partial charge in [0.25, 0.3) is 0 Å². The first-order valence-corrected chi connectivity index (χ1v) is 4.69.